The van der Waals surface area contributed by atoms with Crippen molar-refractivity contribution in [3.63, 3.8) is 0 Å². The predicted molar refractivity (Wildman–Crippen MR) is 207 cm³/mol. The number of para-hydroxylation sites is 1. The van der Waals surface area contributed by atoms with Gasteiger partial charge in [-0.1, -0.05) is 81.4 Å². The molecule has 0 amide bonds. The second kappa shape index (κ2) is 21.2. The highest BCUT2D eigenvalue weighted by Gasteiger charge is 2.36. The molecule has 12 heteroatoms. The molecule has 0 bridgehead atoms. The van der Waals surface area contributed by atoms with Gasteiger partial charge in [-0.15, -0.1) is 0 Å². The van der Waals surface area contributed by atoms with Gasteiger partial charge in [0.25, 0.3) is 0 Å². The van der Waals surface area contributed by atoms with Crippen molar-refractivity contribution < 1.29 is 37.8 Å². The number of benzene rings is 3. The summed E-state index contributed by atoms with van der Waals surface area (Å²) < 4.78 is 40.1. The lowest BCUT2D eigenvalue weighted by Crippen LogP contribution is -2.41. The fourth-order valence-corrected chi connectivity index (χ4v) is 6.49. The quantitative estimate of drug-likeness (QED) is 0.0315. The van der Waals surface area contributed by atoms with Crippen LogP contribution in [0.1, 0.15) is 37.8 Å². The van der Waals surface area contributed by atoms with Gasteiger partial charge in [0, 0.05) is 15.8 Å². The number of aromatic amines is 1. The van der Waals surface area contributed by atoms with E-state index < -0.39 is 14.2 Å². The molecule has 0 radical (unpaired) electrons. The van der Waals surface area contributed by atoms with Gasteiger partial charge in [-0.05, 0) is 53.0 Å². The second-order valence-electron chi connectivity index (χ2n) is 14.0. The maximum absolute atomic E-state index is 12.0. The lowest BCUT2D eigenvalue weighted by Gasteiger charge is -2.36. The fourth-order valence-electron chi connectivity index (χ4n) is 5.46. The minimum absolute atomic E-state index is 0.201. The molecular formula is C40H56N2O9Si. The Labute approximate surface area is 309 Å². The Balaban J connectivity index is 1.09. The number of hydrogen-bond donors (Lipinski definition) is 1. The van der Waals surface area contributed by atoms with Gasteiger partial charge in [0.2, 0.25) is 6.54 Å². The lowest BCUT2D eigenvalue weighted by atomic mass is 9.87. The van der Waals surface area contributed by atoms with Crippen molar-refractivity contribution in [2.45, 2.75) is 44.8 Å². The molecule has 4 aromatic rings. The van der Waals surface area contributed by atoms with Gasteiger partial charge in [-0.2, -0.15) is 0 Å². The SMILES string of the molecule is CC(C)(C)[Si](C)(C)OCCOCCOCCOCCOCCOCCOc1cccc(C(C[N+](=O)[O-])c2c(-c3ccccc3)[nH]c3ccccc23)c1. The number of nitro groups is 1. The first-order valence-electron chi connectivity index (χ1n) is 18.1. The number of H-pyrrole nitrogens is 1. The number of aromatic nitrogens is 1. The van der Waals surface area contributed by atoms with E-state index in [1.54, 1.807) is 0 Å². The lowest BCUT2D eigenvalue weighted by molar-refractivity contribution is -0.481. The van der Waals surface area contributed by atoms with Gasteiger partial charge in [0.05, 0.1) is 84.3 Å². The highest BCUT2D eigenvalue weighted by molar-refractivity contribution is 6.74. The summed E-state index contributed by atoms with van der Waals surface area (Å²) in [6.45, 7) is 16.7. The number of fused-ring (bicyclic) bond motifs is 1. The molecule has 0 aliphatic heterocycles. The molecule has 0 saturated heterocycles. The minimum atomic E-state index is -1.72. The number of rotatable bonds is 25. The molecule has 0 saturated carbocycles. The summed E-state index contributed by atoms with van der Waals surface area (Å²) >= 11 is 0. The van der Waals surface area contributed by atoms with Crippen molar-refractivity contribution in [3.8, 4) is 17.0 Å². The zero-order chi connectivity index (χ0) is 37.2. The van der Waals surface area contributed by atoms with E-state index >= 15 is 0 Å². The van der Waals surface area contributed by atoms with Crippen molar-refractivity contribution in [2.75, 3.05) is 85.8 Å². The molecule has 1 unspecified atom stereocenters. The van der Waals surface area contributed by atoms with E-state index in [-0.39, 0.29) is 16.5 Å². The molecule has 1 N–H and O–H groups in total. The molecule has 0 fully saturated rings. The van der Waals surface area contributed by atoms with Crippen LogP contribution in [0.3, 0.4) is 0 Å². The third-order valence-corrected chi connectivity index (χ3v) is 13.8. The normalized spacial score (nSPS) is 12.7. The van der Waals surface area contributed by atoms with Crippen LogP contribution in [-0.2, 0) is 28.1 Å². The molecule has 1 heterocycles. The molecule has 284 valence electrons. The molecule has 1 aromatic heterocycles. The first-order chi connectivity index (χ1) is 25.1. The van der Waals surface area contributed by atoms with Gasteiger partial charge in [-0.3, -0.25) is 10.1 Å². The third kappa shape index (κ3) is 13.1. The van der Waals surface area contributed by atoms with Crippen molar-refractivity contribution in [3.05, 3.63) is 100 Å². The third-order valence-electron chi connectivity index (χ3n) is 9.23. The maximum Gasteiger partial charge on any atom is 0.214 e. The zero-order valence-electron chi connectivity index (χ0n) is 31.4. The van der Waals surface area contributed by atoms with Gasteiger partial charge >= 0.3 is 0 Å². The Morgan fingerprint density at radius 1 is 0.692 bits per heavy atom. The molecule has 0 spiro atoms. The summed E-state index contributed by atoms with van der Waals surface area (Å²) in [4.78, 5) is 15.2. The van der Waals surface area contributed by atoms with Crippen LogP contribution in [0.25, 0.3) is 22.2 Å². The van der Waals surface area contributed by atoms with E-state index in [4.69, 9.17) is 32.8 Å². The number of nitrogens with zero attached hydrogens (tertiary/aromatic N) is 1. The molecule has 4 rings (SSSR count). The van der Waals surface area contributed by atoms with Gasteiger partial charge in [0.15, 0.2) is 8.32 Å². The van der Waals surface area contributed by atoms with Crippen LogP contribution in [0.2, 0.25) is 18.1 Å². The van der Waals surface area contributed by atoms with Crippen LogP contribution in [0.5, 0.6) is 5.75 Å². The average Bonchev–Trinajstić information content (AvgIpc) is 3.51. The Bertz CT molecular complexity index is 1620. The number of nitrogens with one attached hydrogen (secondary N) is 1. The van der Waals surface area contributed by atoms with E-state index in [0.29, 0.717) is 85.0 Å². The maximum atomic E-state index is 12.0. The summed E-state index contributed by atoms with van der Waals surface area (Å²) in [5, 5.41) is 13.1. The molecule has 0 aliphatic carbocycles. The van der Waals surface area contributed by atoms with Gasteiger partial charge in [0.1, 0.15) is 12.4 Å². The Kier molecular flexibility index (Phi) is 16.7. The largest absolute Gasteiger partial charge is 0.491 e. The van der Waals surface area contributed by atoms with Crippen LogP contribution in [0.4, 0.5) is 0 Å². The summed E-state index contributed by atoms with van der Waals surface area (Å²) in [7, 11) is -1.72. The van der Waals surface area contributed by atoms with E-state index in [0.717, 1.165) is 33.3 Å². The van der Waals surface area contributed by atoms with Crippen molar-refractivity contribution in [1.82, 2.24) is 4.98 Å². The molecule has 11 nitrogen and oxygen atoms in total. The van der Waals surface area contributed by atoms with Crippen LogP contribution < -0.4 is 4.74 Å². The molecule has 1 atom stereocenters. The highest BCUT2D eigenvalue weighted by Crippen LogP contribution is 2.40. The topological polar surface area (TPSA) is 124 Å². The van der Waals surface area contributed by atoms with E-state index in [1.807, 2.05) is 78.9 Å². The monoisotopic (exact) mass is 736 g/mol. The van der Waals surface area contributed by atoms with Gasteiger partial charge < -0.3 is 37.8 Å². The molecular weight excluding hydrogens is 681 g/mol. The number of ether oxygens (including phenoxy) is 6. The zero-order valence-corrected chi connectivity index (χ0v) is 32.4. The summed E-state index contributed by atoms with van der Waals surface area (Å²) in [6.07, 6.45) is 0. The van der Waals surface area contributed by atoms with Crippen LogP contribution in [0.15, 0.2) is 78.9 Å². The smallest absolute Gasteiger partial charge is 0.214 e. The first kappa shape index (κ1) is 41.1. The molecule has 52 heavy (non-hydrogen) atoms. The van der Waals surface area contributed by atoms with Crippen LogP contribution in [-0.4, -0.2) is 104 Å². The summed E-state index contributed by atoms with van der Waals surface area (Å²) in [5.41, 5.74) is 4.51. The van der Waals surface area contributed by atoms with E-state index in [9.17, 15) is 10.1 Å². The standard InChI is InChI=1S/C40H56N2O9Si/c1-40(2,3)52(4,5)51-29-27-49-25-23-47-21-19-45-18-20-46-22-24-48-26-28-50-34-15-11-14-33(30-34)36(31-42(43)44)38-35-16-9-10-17-37(35)41-39(38)32-12-7-6-8-13-32/h6-17,30,36,41H,18-29,31H2,1-5H3. The fraction of sp³-hybridized carbons (Fsp3) is 0.500. The predicted octanol–water partition coefficient (Wildman–Crippen LogP) is 7.73. The highest BCUT2D eigenvalue weighted by atomic mass is 28.4. The average molecular weight is 737 g/mol. The molecule has 0 aliphatic rings. The molecule has 3 aromatic carbocycles. The van der Waals surface area contributed by atoms with Crippen molar-refractivity contribution >= 4 is 19.2 Å². The first-order valence-corrected chi connectivity index (χ1v) is 21.0. The van der Waals surface area contributed by atoms with Crippen molar-refractivity contribution in [1.29, 1.82) is 0 Å². The van der Waals surface area contributed by atoms with Crippen LogP contribution >= 0.6 is 0 Å². The summed E-state index contributed by atoms with van der Waals surface area (Å²) in [5.74, 6) is 0.143. The number of hydrogen-bond acceptors (Lipinski definition) is 9. The van der Waals surface area contributed by atoms with Gasteiger partial charge in [-0.25, -0.2) is 0 Å². The van der Waals surface area contributed by atoms with Crippen molar-refractivity contribution in [2.24, 2.45) is 0 Å². The Morgan fingerprint density at radius 3 is 1.81 bits per heavy atom. The second-order valence-corrected chi connectivity index (χ2v) is 18.8. The van der Waals surface area contributed by atoms with Crippen LogP contribution in [0, 0.1) is 10.1 Å². The van der Waals surface area contributed by atoms with E-state index in [2.05, 4.69) is 38.8 Å². The minimum Gasteiger partial charge on any atom is -0.491 e. The van der Waals surface area contributed by atoms with E-state index in [1.165, 1.54) is 0 Å². The Morgan fingerprint density at radius 2 is 1.23 bits per heavy atom. The summed E-state index contributed by atoms with van der Waals surface area (Å²) in [6, 6.07) is 25.4. The Hall–Kier alpha value is -3.62.